The van der Waals surface area contributed by atoms with E-state index >= 15 is 0 Å². The summed E-state index contributed by atoms with van der Waals surface area (Å²) in [5.41, 5.74) is 0.897. The maximum atomic E-state index is 11.7. The maximum Gasteiger partial charge on any atom is 0.272 e. The third-order valence-corrected chi connectivity index (χ3v) is 2.25. The van der Waals surface area contributed by atoms with Crippen molar-refractivity contribution < 1.29 is 14.3 Å². The first-order valence-electron chi connectivity index (χ1n) is 5.21. The fourth-order valence-corrected chi connectivity index (χ4v) is 1.34. The summed E-state index contributed by atoms with van der Waals surface area (Å²) in [7, 11) is 0. The Morgan fingerprint density at radius 1 is 1.71 bits per heavy atom. The molecule has 0 radical (unpaired) electrons. The van der Waals surface area contributed by atoms with Crippen LogP contribution in [0.2, 0.25) is 0 Å². The summed E-state index contributed by atoms with van der Waals surface area (Å²) in [6, 6.07) is 4.82. The minimum atomic E-state index is -0.333. The maximum absolute atomic E-state index is 11.7. The van der Waals surface area contributed by atoms with Crippen LogP contribution in [0.25, 0.3) is 11.5 Å². The van der Waals surface area contributed by atoms with Gasteiger partial charge in [0.25, 0.3) is 5.91 Å². The lowest BCUT2D eigenvalue weighted by molar-refractivity contribution is 0.0917. The smallest absolute Gasteiger partial charge is 0.272 e. The van der Waals surface area contributed by atoms with Crippen LogP contribution in [0.15, 0.2) is 28.9 Å². The Bertz CT molecular complexity index is 490. The standard InChI is InChI=1S/C11H13N3O3/c1-7(6-15)12-11(16)9-5-8(13-14-9)10-3-2-4-17-10/h2-5,7,15H,6H2,1H3,(H,12,16)(H,13,14). The Balaban J connectivity index is 2.11. The van der Waals surface area contributed by atoms with Crippen molar-refractivity contribution in [2.24, 2.45) is 0 Å². The second-order valence-electron chi connectivity index (χ2n) is 3.70. The summed E-state index contributed by atoms with van der Waals surface area (Å²) in [4.78, 5) is 11.7. The molecule has 6 heteroatoms. The Kier molecular flexibility index (Phi) is 3.24. The van der Waals surface area contributed by atoms with Gasteiger partial charge in [0.1, 0.15) is 5.69 Å². The highest BCUT2D eigenvalue weighted by atomic mass is 16.3. The number of hydrogen-bond acceptors (Lipinski definition) is 4. The molecule has 1 unspecified atom stereocenters. The molecular formula is C11H13N3O3. The van der Waals surface area contributed by atoms with Crippen LogP contribution in [0.4, 0.5) is 0 Å². The number of aromatic nitrogens is 2. The summed E-state index contributed by atoms with van der Waals surface area (Å²) in [6.45, 7) is 1.60. The fraction of sp³-hybridized carbons (Fsp3) is 0.273. The lowest BCUT2D eigenvalue weighted by atomic mass is 10.2. The average Bonchev–Trinajstić information content (AvgIpc) is 2.98. The number of amides is 1. The van der Waals surface area contributed by atoms with Crippen LogP contribution in [-0.4, -0.2) is 33.9 Å². The van der Waals surface area contributed by atoms with Crippen LogP contribution < -0.4 is 5.32 Å². The minimum Gasteiger partial charge on any atom is -0.463 e. The van der Waals surface area contributed by atoms with Crippen molar-refractivity contribution >= 4 is 5.91 Å². The van der Waals surface area contributed by atoms with Gasteiger partial charge in [0.05, 0.1) is 12.9 Å². The van der Waals surface area contributed by atoms with E-state index in [-0.39, 0.29) is 24.2 Å². The van der Waals surface area contributed by atoms with E-state index in [0.717, 1.165) is 0 Å². The first-order chi connectivity index (χ1) is 8.20. The monoisotopic (exact) mass is 235 g/mol. The number of aromatic amines is 1. The first-order valence-corrected chi connectivity index (χ1v) is 5.21. The molecule has 2 rings (SSSR count). The van der Waals surface area contributed by atoms with Crippen molar-refractivity contribution in [3.8, 4) is 11.5 Å². The lowest BCUT2D eigenvalue weighted by Crippen LogP contribution is -2.35. The van der Waals surface area contributed by atoms with Gasteiger partial charge in [0.2, 0.25) is 0 Å². The lowest BCUT2D eigenvalue weighted by Gasteiger charge is -2.08. The molecule has 90 valence electrons. The highest BCUT2D eigenvalue weighted by Gasteiger charge is 2.14. The summed E-state index contributed by atoms with van der Waals surface area (Å²) >= 11 is 0. The Hall–Kier alpha value is -2.08. The molecule has 6 nitrogen and oxygen atoms in total. The van der Waals surface area contributed by atoms with Crippen molar-refractivity contribution in [2.45, 2.75) is 13.0 Å². The van der Waals surface area contributed by atoms with E-state index in [2.05, 4.69) is 15.5 Å². The van der Waals surface area contributed by atoms with Gasteiger partial charge in [0, 0.05) is 12.1 Å². The molecule has 0 saturated carbocycles. The van der Waals surface area contributed by atoms with Crippen molar-refractivity contribution in [1.82, 2.24) is 15.5 Å². The SMILES string of the molecule is CC(CO)NC(=O)c1cc(-c2ccco2)[nH]n1. The van der Waals surface area contributed by atoms with E-state index in [1.807, 2.05) is 0 Å². The Morgan fingerprint density at radius 3 is 3.18 bits per heavy atom. The molecule has 0 aromatic carbocycles. The number of rotatable bonds is 4. The molecule has 0 aliphatic carbocycles. The first kappa shape index (κ1) is 11.4. The van der Waals surface area contributed by atoms with Gasteiger partial charge in [-0.1, -0.05) is 0 Å². The molecule has 0 bridgehead atoms. The Labute approximate surface area is 97.6 Å². The molecule has 0 saturated heterocycles. The molecule has 0 aliphatic heterocycles. The largest absolute Gasteiger partial charge is 0.463 e. The zero-order valence-electron chi connectivity index (χ0n) is 9.30. The fourth-order valence-electron chi connectivity index (χ4n) is 1.34. The van der Waals surface area contributed by atoms with E-state index in [9.17, 15) is 4.79 Å². The highest BCUT2D eigenvalue weighted by molar-refractivity contribution is 5.93. The van der Waals surface area contributed by atoms with E-state index in [0.29, 0.717) is 11.5 Å². The number of carbonyl (C=O) groups is 1. The topological polar surface area (TPSA) is 91.1 Å². The predicted molar refractivity (Wildman–Crippen MR) is 60.3 cm³/mol. The molecule has 1 amide bonds. The van der Waals surface area contributed by atoms with Crippen molar-refractivity contribution in [2.75, 3.05) is 6.61 Å². The third kappa shape index (κ3) is 2.54. The number of H-pyrrole nitrogens is 1. The molecule has 2 aromatic rings. The van der Waals surface area contributed by atoms with Crippen molar-refractivity contribution in [3.63, 3.8) is 0 Å². The van der Waals surface area contributed by atoms with Crippen LogP contribution in [0, 0.1) is 0 Å². The summed E-state index contributed by atoms with van der Waals surface area (Å²) in [5, 5.41) is 18.0. The van der Waals surface area contributed by atoms with Crippen LogP contribution in [0.1, 0.15) is 17.4 Å². The zero-order chi connectivity index (χ0) is 12.3. The molecular weight excluding hydrogens is 222 g/mol. The van der Waals surface area contributed by atoms with E-state index < -0.39 is 0 Å². The molecule has 0 fully saturated rings. The van der Waals surface area contributed by atoms with Crippen LogP contribution in [0.3, 0.4) is 0 Å². The zero-order valence-corrected chi connectivity index (χ0v) is 9.30. The number of hydrogen-bond donors (Lipinski definition) is 3. The molecule has 0 spiro atoms. The van der Waals surface area contributed by atoms with Gasteiger partial charge in [-0.15, -0.1) is 0 Å². The predicted octanol–water partition coefficient (Wildman–Crippen LogP) is 0.780. The normalized spacial score (nSPS) is 12.4. The van der Waals surface area contributed by atoms with E-state index in [1.54, 1.807) is 31.4 Å². The number of aliphatic hydroxyl groups excluding tert-OH is 1. The number of furan rings is 1. The van der Waals surface area contributed by atoms with Gasteiger partial charge in [-0.05, 0) is 19.1 Å². The average molecular weight is 235 g/mol. The molecule has 1 atom stereocenters. The van der Waals surface area contributed by atoms with Gasteiger partial charge in [-0.2, -0.15) is 5.10 Å². The minimum absolute atomic E-state index is 0.110. The number of carbonyl (C=O) groups excluding carboxylic acids is 1. The number of nitrogens with one attached hydrogen (secondary N) is 2. The van der Waals surface area contributed by atoms with E-state index in [4.69, 9.17) is 9.52 Å². The molecule has 3 N–H and O–H groups in total. The molecule has 17 heavy (non-hydrogen) atoms. The highest BCUT2D eigenvalue weighted by Crippen LogP contribution is 2.17. The van der Waals surface area contributed by atoms with Gasteiger partial charge < -0.3 is 14.8 Å². The number of nitrogens with zero attached hydrogens (tertiary/aromatic N) is 1. The van der Waals surface area contributed by atoms with Gasteiger partial charge >= 0.3 is 0 Å². The van der Waals surface area contributed by atoms with Crippen molar-refractivity contribution in [1.29, 1.82) is 0 Å². The second kappa shape index (κ2) is 4.84. The van der Waals surface area contributed by atoms with Crippen LogP contribution in [-0.2, 0) is 0 Å². The van der Waals surface area contributed by atoms with Crippen molar-refractivity contribution in [3.05, 3.63) is 30.2 Å². The van der Waals surface area contributed by atoms with Gasteiger partial charge in [0.15, 0.2) is 11.5 Å². The molecule has 0 aliphatic rings. The quantitative estimate of drug-likeness (QED) is 0.730. The van der Waals surface area contributed by atoms with Gasteiger partial charge in [-0.25, -0.2) is 0 Å². The molecule has 2 heterocycles. The summed E-state index contributed by atoms with van der Waals surface area (Å²) in [5.74, 6) is 0.285. The van der Waals surface area contributed by atoms with Crippen LogP contribution in [0.5, 0.6) is 0 Å². The summed E-state index contributed by atoms with van der Waals surface area (Å²) < 4.78 is 5.17. The third-order valence-electron chi connectivity index (χ3n) is 2.25. The van der Waals surface area contributed by atoms with E-state index in [1.165, 1.54) is 0 Å². The Morgan fingerprint density at radius 2 is 2.53 bits per heavy atom. The number of aliphatic hydroxyl groups is 1. The van der Waals surface area contributed by atoms with Crippen LogP contribution >= 0.6 is 0 Å². The second-order valence-corrected chi connectivity index (χ2v) is 3.70. The summed E-state index contributed by atoms with van der Waals surface area (Å²) in [6.07, 6.45) is 1.55. The van der Waals surface area contributed by atoms with Gasteiger partial charge in [-0.3, -0.25) is 9.89 Å². The molecule has 2 aromatic heterocycles.